The van der Waals surface area contributed by atoms with Crippen molar-refractivity contribution in [3.8, 4) is 11.5 Å². The minimum atomic E-state index is -0.737. The van der Waals surface area contributed by atoms with E-state index in [9.17, 15) is 4.79 Å². The Labute approximate surface area is 149 Å². The van der Waals surface area contributed by atoms with Crippen molar-refractivity contribution in [2.45, 2.75) is 39.7 Å². The Balaban J connectivity index is 1.74. The lowest BCUT2D eigenvalue weighted by Crippen LogP contribution is -2.31. The number of anilines is 1. The molecular formula is C21H25NO3. The number of carboxylic acid groups (broad SMARTS) is 1. The van der Waals surface area contributed by atoms with Gasteiger partial charge in [-0.3, -0.25) is 4.79 Å². The van der Waals surface area contributed by atoms with Gasteiger partial charge in [-0.2, -0.15) is 0 Å². The maximum Gasteiger partial charge on any atom is 0.305 e. The number of aliphatic carboxylic acids is 1. The number of aryl methyl sites for hydroxylation is 2. The third-order valence-electron chi connectivity index (χ3n) is 4.76. The van der Waals surface area contributed by atoms with Crippen LogP contribution in [0.3, 0.4) is 0 Å². The van der Waals surface area contributed by atoms with Gasteiger partial charge < -0.3 is 14.7 Å². The molecule has 0 aliphatic carbocycles. The summed E-state index contributed by atoms with van der Waals surface area (Å²) in [5.41, 5.74) is 3.38. The van der Waals surface area contributed by atoms with Crippen LogP contribution in [-0.2, 0) is 4.79 Å². The maximum absolute atomic E-state index is 11.1. The van der Waals surface area contributed by atoms with Crippen LogP contribution in [0.1, 0.15) is 30.9 Å². The Morgan fingerprint density at radius 1 is 1.20 bits per heavy atom. The first kappa shape index (κ1) is 17.3. The van der Waals surface area contributed by atoms with Crippen molar-refractivity contribution in [1.29, 1.82) is 0 Å². The van der Waals surface area contributed by atoms with Crippen molar-refractivity contribution in [2.75, 3.05) is 11.4 Å². The topological polar surface area (TPSA) is 49.8 Å². The van der Waals surface area contributed by atoms with E-state index in [0.29, 0.717) is 5.92 Å². The van der Waals surface area contributed by atoms with Crippen molar-refractivity contribution in [2.24, 2.45) is 5.92 Å². The molecule has 1 saturated heterocycles. The summed E-state index contributed by atoms with van der Waals surface area (Å²) >= 11 is 0. The first-order valence-corrected chi connectivity index (χ1v) is 8.76. The van der Waals surface area contributed by atoms with Crippen LogP contribution in [0.2, 0.25) is 0 Å². The van der Waals surface area contributed by atoms with Crippen molar-refractivity contribution in [3.05, 3.63) is 53.6 Å². The lowest BCUT2D eigenvalue weighted by molar-refractivity contribution is -0.137. The Kier molecular flexibility index (Phi) is 4.98. The third kappa shape index (κ3) is 4.13. The van der Waals surface area contributed by atoms with Gasteiger partial charge in [-0.25, -0.2) is 0 Å². The number of nitrogens with zero attached hydrogens (tertiary/aromatic N) is 1. The summed E-state index contributed by atoms with van der Waals surface area (Å²) in [6.07, 6.45) is 1.11. The summed E-state index contributed by atoms with van der Waals surface area (Å²) in [4.78, 5) is 13.3. The SMILES string of the molecule is Cc1ccc(Oc2ccc(N3CC(C)CC3CC(=O)O)cc2)c(C)c1. The highest BCUT2D eigenvalue weighted by atomic mass is 16.5. The number of hydrogen-bond acceptors (Lipinski definition) is 3. The van der Waals surface area contributed by atoms with Gasteiger partial charge in [0.15, 0.2) is 0 Å². The summed E-state index contributed by atoms with van der Waals surface area (Å²) < 4.78 is 5.98. The number of hydrogen-bond donors (Lipinski definition) is 1. The fraction of sp³-hybridized carbons (Fsp3) is 0.381. The second kappa shape index (κ2) is 7.18. The van der Waals surface area contributed by atoms with Gasteiger partial charge in [-0.1, -0.05) is 24.6 Å². The Morgan fingerprint density at radius 3 is 2.56 bits per heavy atom. The Morgan fingerprint density at radius 2 is 1.92 bits per heavy atom. The highest BCUT2D eigenvalue weighted by Crippen LogP contribution is 2.33. The fourth-order valence-electron chi connectivity index (χ4n) is 3.61. The zero-order valence-corrected chi connectivity index (χ0v) is 15.0. The molecule has 1 fully saturated rings. The van der Waals surface area contributed by atoms with Crippen molar-refractivity contribution in [1.82, 2.24) is 0 Å². The van der Waals surface area contributed by atoms with Crippen molar-refractivity contribution in [3.63, 3.8) is 0 Å². The minimum absolute atomic E-state index is 0.0682. The maximum atomic E-state index is 11.1. The summed E-state index contributed by atoms with van der Waals surface area (Å²) in [5.74, 6) is 1.42. The smallest absolute Gasteiger partial charge is 0.305 e. The van der Waals surface area contributed by atoms with Gasteiger partial charge in [-0.15, -0.1) is 0 Å². The molecule has 0 spiro atoms. The molecule has 1 aliphatic heterocycles. The van der Waals surface area contributed by atoms with Crippen LogP contribution in [0.15, 0.2) is 42.5 Å². The minimum Gasteiger partial charge on any atom is -0.481 e. The summed E-state index contributed by atoms with van der Waals surface area (Å²) in [5, 5.41) is 9.13. The predicted octanol–water partition coefficient (Wildman–Crippen LogP) is 4.79. The first-order valence-electron chi connectivity index (χ1n) is 8.76. The van der Waals surface area contributed by atoms with Gasteiger partial charge in [0.1, 0.15) is 11.5 Å². The molecule has 2 unspecified atom stereocenters. The van der Waals surface area contributed by atoms with Gasteiger partial charge in [-0.05, 0) is 62.1 Å². The van der Waals surface area contributed by atoms with E-state index >= 15 is 0 Å². The van der Waals surface area contributed by atoms with Gasteiger partial charge in [0.25, 0.3) is 0 Å². The van der Waals surface area contributed by atoms with Gasteiger partial charge in [0.2, 0.25) is 0 Å². The molecule has 2 aromatic rings. The second-order valence-electron chi connectivity index (χ2n) is 7.11. The zero-order chi connectivity index (χ0) is 18.0. The zero-order valence-electron chi connectivity index (χ0n) is 15.0. The lowest BCUT2D eigenvalue weighted by atomic mass is 10.1. The highest BCUT2D eigenvalue weighted by molar-refractivity contribution is 5.69. The Bertz CT molecular complexity index is 754. The van der Waals surface area contributed by atoms with Crippen LogP contribution in [-0.4, -0.2) is 23.7 Å². The normalized spacial score (nSPS) is 19.9. The van der Waals surface area contributed by atoms with Crippen LogP contribution >= 0.6 is 0 Å². The van der Waals surface area contributed by atoms with E-state index in [1.54, 1.807) is 0 Å². The van der Waals surface area contributed by atoms with E-state index in [0.717, 1.165) is 35.7 Å². The molecule has 0 radical (unpaired) electrons. The number of carboxylic acids is 1. The lowest BCUT2D eigenvalue weighted by Gasteiger charge is -2.26. The molecule has 4 heteroatoms. The van der Waals surface area contributed by atoms with Gasteiger partial charge in [0, 0.05) is 18.3 Å². The number of carbonyl (C=O) groups is 1. The van der Waals surface area contributed by atoms with E-state index in [1.165, 1.54) is 5.56 Å². The molecule has 1 heterocycles. The summed E-state index contributed by atoms with van der Waals surface area (Å²) in [6, 6.07) is 14.1. The van der Waals surface area contributed by atoms with Crippen LogP contribution in [0.4, 0.5) is 5.69 Å². The third-order valence-corrected chi connectivity index (χ3v) is 4.76. The summed E-state index contributed by atoms with van der Waals surface area (Å²) in [6.45, 7) is 7.18. The largest absolute Gasteiger partial charge is 0.481 e. The number of ether oxygens (including phenoxy) is 1. The molecule has 1 N–H and O–H groups in total. The molecule has 132 valence electrons. The van der Waals surface area contributed by atoms with Crippen LogP contribution in [0.5, 0.6) is 11.5 Å². The van der Waals surface area contributed by atoms with E-state index in [-0.39, 0.29) is 12.5 Å². The van der Waals surface area contributed by atoms with E-state index in [2.05, 4.69) is 24.8 Å². The number of rotatable bonds is 5. The average Bonchev–Trinajstić information content (AvgIpc) is 2.90. The fourth-order valence-corrected chi connectivity index (χ4v) is 3.61. The molecule has 4 nitrogen and oxygen atoms in total. The molecule has 0 aromatic heterocycles. The van der Waals surface area contributed by atoms with Crippen LogP contribution in [0.25, 0.3) is 0 Å². The molecular weight excluding hydrogens is 314 g/mol. The first-order chi connectivity index (χ1) is 11.9. The van der Waals surface area contributed by atoms with Crippen molar-refractivity contribution >= 4 is 11.7 Å². The monoisotopic (exact) mass is 339 g/mol. The van der Waals surface area contributed by atoms with Crippen LogP contribution in [0, 0.1) is 19.8 Å². The molecule has 2 atom stereocenters. The van der Waals surface area contributed by atoms with E-state index in [4.69, 9.17) is 9.84 Å². The molecule has 2 aromatic carbocycles. The van der Waals surface area contributed by atoms with Crippen LogP contribution < -0.4 is 9.64 Å². The molecule has 0 bridgehead atoms. The Hall–Kier alpha value is -2.49. The highest BCUT2D eigenvalue weighted by Gasteiger charge is 2.31. The average molecular weight is 339 g/mol. The summed E-state index contributed by atoms with van der Waals surface area (Å²) in [7, 11) is 0. The van der Waals surface area contributed by atoms with Crippen molar-refractivity contribution < 1.29 is 14.6 Å². The molecule has 0 amide bonds. The molecule has 3 rings (SSSR count). The van der Waals surface area contributed by atoms with Gasteiger partial charge in [0.05, 0.1) is 6.42 Å². The standard InChI is InChI=1S/C21H25NO3/c1-14-4-9-20(16(3)10-14)25-19-7-5-17(6-8-19)22-13-15(2)11-18(22)12-21(23)24/h4-10,15,18H,11-13H2,1-3H3,(H,23,24). The number of benzene rings is 2. The quantitative estimate of drug-likeness (QED) is 0.851. The predicted molar refractivity (Wildman–Crippen MR) is 99.6 cm³/mol. The van der Waals surface area contributed by atoms with E-state index in [1.807, 2.05) is 43.3 Å². The molecule has 25 heavy (non-hydrogen) atoms. The van der Waals surface area contributed by atoms with E-state index < -0.39 is 5.97 Å². The second-order valence-corrected chi connectivity index (χ2v) is 7.11. The molecule has 1 aliphatic rings. The molecule has 0 saturated carbocycles. The van der Waals surface area contributed by atoms with Gasteiger partial charge >= 0.3 is 5.97 Å².